The number of fused-ring (bicyclic) bond motifs is 1. The van der Waals surface area contributed by atoms with Gasteiger partial charge in [-0.05, 0) is 49.2 Å². The summed E-state index contributed by atoms with van der Waals surface area (Å²) in [5, 5.41) is -0.610. The van der Waals surface area contributed by atoms with Crippen LogP contribution in [0.4, 0.5) is 24.7 Å². The molecule has 31 heavy (non-hydrogen) atoms. The van der Waals surface area contributed by atoms with Gasteiger partial charge >= 0.3 is 0 Å². The molecule has 1 aliphatic rings. The Morgan fingerprint density at radius 3 is 2.29 bits per heavy atom. The van der Waals surface area contributed by atoms with Crippen LogP contribution in [0.5, 0.6) is 0 Å². The number of aryl methyl sites for hydroxylation is 1. The molecule has 1 aliphatic heterocycles. The van der Waals surface area contributed by atoms with Gasteiger partial charge in [0.1, 0.15) is 29.0 Å². The van der Waals surface area contributed by atoms with Crippen molar-refractivity contribution in [3.8, 4) is 11.3 Å². The molecule has 4 rings (SSSR count). The predicted octanol–water partition coefficient (Wildman–Crippen LogP) is 3.88. The quantitative estimate of drug-likeness (QED) is 0.570. The van der Waals surface area contributed by atoms with E-state index >= 15 is 0 Å². The maximum Gasteiger partial charge on any atom is 0.249 e. The number of anilines is 2. The number of sulfone groups is 1. The topological polar surface area (TPSA) is 80.2 Å². The van der Waals surface area contributed by atoms with Crippen LogP contribution in [0, 0.1) is 24.4 Å². The Morgan fingerprint density at radius 1 is 1.00 bits per heavy atom. The number of benzene rings is 2. The van der Waals surface area contributed by atoms with Crippen LogP contribution in [0.1, 0.15) is 17.5 Å². The molecular formula is C21H16F3N3O3S. The van der Waals surface area contributed by atoms with Gasteiger partial charge in [-0.2, -0.15) is 4.98 Å². The summed E-state index contributed by atoms with van der Waals surface area (Å²) in [5.41, 5.74) is 0.754. The van der Waals surface area contributed by atoms with Crippen molar-refractivity contribution in [2.45, 2.75) is 24.9 Å². The molecule has 0 atom stereocenters. The van der Waals surface area contributed by atoms with Crippen LogP contribution in [0.3, 0.4) is 0 Å². The van der Waals surface area contributed by atoms with Gasteiger partial charge in [0.15, 0.2) is 0 Å². The maximum absolute atomic E-state index is 14.5. The van der Waals surface area contributed by atoms with E-state index in [1.54, 1.807) is 6.92 Å². The fourth-order valence-corrected chi connectivity index (χ4v) is 4.05. The second-order valence-electron chi connectivity index (χ2n) is 7.19. The highest BCUT2D eigenvalue weighted by atomic mass is 32.2. The summed E-state index contributed by atoms with van der Waals surface area (Å²) in [5.74, 6) is -3.34. The van der Waals surface area contributed by atoms with E-state index in [4.69, 9.17) is 0 Å². The lowest BCUT2D eigenvalue weighted by atomic mass is 9.96. The first-order valence-corrected chi connectivity index (χ1v) is 11.1. The summed E-state index contributed by atoms with van der Waals surface area (Å²) in [7, 11) is -3.95. The Labute approximate surface area is 176 Å². The average molecular weight is 447 g/mol. The molecule has 0 N–H and O–H groups in total. The highest BCUT2D eigenvalue weighted by molar-refractivity contribution is 7.90. The Morgan fingerprint density at radius 2 is 1.68 bits per heavy atom. The number of hydrogen-bond donors (Lipinski definition) is 0. The van der Waals surface area contributed by atoms with E-state index in [0.29, 0.717) is 16.7 Å². The van der Waals surface area contributed by atoms with Crippen LogP contribution in [0.2, 0.25) is 0 Å². The molecule has 1 aromatic heterocycles. The lowest BCUT2D eigenvalue weighted by Crippen LogP contribution is -2.34. The SMILES string of the molecule is Cc1cc(F)ccc1-c1nc(S(C)(=O)=O)nc2c1CCC(=O)N2c1c(F)cccc1F. The van der Waals surface area contributed by atoms with Gasteiger partial charge in [0, 0.05) is 23.8 Å². The molecule has 2 aromatic carbocycles. The number of rotatable bonds is 3. The Hall–Kier alpha value is -3.27. The van der Waals surface area contributed by atoms with Crippen LogP contribution in [0.15, 0.2) is 41.6 Å². The molecule has 0 saturated carbocycles. The third-order valence-electron chi connectivity index (χ3n) is 4.95. The highest BCUT2D eigenvalue weighted by Gasteiger charge is 2.35. The molecule has 0 bridgehead atoms. The molecule has 0 saturated heterocycles. The van der Waals surface area contributed by atoms with Crippen LogP contribution in [-0.2, 0) is 21.1 Å². The summed E-state index contributed by atoms with van der Waals surface area (Å²) in [6.07, 6.45) is 0.904. The molecule has 6 nitrogen and oxygen atoms in total. The average Bonchev–Trinajstić information content (AvgIpc) is 2.68. The summed E-state index contributed by atoms with van der Waals surface area (Å²) in [6, 6.07) is 7.02. The first-order chi connectivity index (χ1) is 14.6. The molecular weight excluding hydrogens is 431 g/mol. The zero-order chi connectivity index (χ0) is 22.5. The van der Waals surface area contributed by atoms with Crippen molar-refractivity contribution in [2.24, 2.45) is 0 Å². The molecule has 0 unspecified atom stereocenters. The summed E-state index contributed by atoms with van der Waals surface area (Å²) in [6.45, 7) is 1.62. The van der Waals surface area contributed by atoms with Crippen LogP contribution >= 0.6 is 0 Å². The summed E-state index contributed by atoms with van der Waals surface area (Å²) in [4.78, 5) is 21.6. The van der Waals surface area contributed by atoms with Crippen molar-refractivity contribution in [3.05, 3.63) is 65.0 Å². The predicted molar refractivity (Wildman–Crippen MR) is 107 cm³/mol. The van der Waals surface area contributed by atoms with Crippen LogP contribution in [-0.4, -0.2) is 30.5 Å². The number of carbonyl (C=O) groups excluding carboxylic acids is 1. The smallest absolute Gasteiger partial charge is 0.249 e. The lowest BCUT2D eigenvalue weighted by molar-refractivity contribution is -0.118. The van der Waals surface area contributed by atoms with Crippen LogP contribution < -0.4 is 4.90 Å². The van der Waals surface area contributed by atoms with Crippen molar-refractivity contribution >= 4 is 27.2 Å². The summed E-state index contributed by atoms with van der Waals surface area (Å²) < 4.78 is 67.2. The van der Waals surface area contributed by atoms with E-state index in [1.165, 1.54) is 18.2 Å². The van der Waals surface area contributed by atoms with Crippen molar-refractivity contribution in [1.82, 2.24) is 9.97 Å². The third kappa shape index (κ3) is 3.67. The summed E-state index contributed by atoms with van der Waals surface area (Å²) >= 11 is 0. The van der Waals surface area contributed by atoms with Gasteiger partial charge in [-0.1, -0.05) is 6.07 Å². The molecule has 10 heteroatoms. The number of carbonyl (C=O) groups is 1. The maximum atomic E-state index is 14.5. The van der Waals surface area contributed by atoms with Gasteiger partial charge in [0.05, 0.1) is 5.69 Å². The van der Waals surface area contributed by atoms with Gasteiger partial charge in [-0.3, -0.25) is 9.69 Å². The molecule has 1 amide bonds. The van der Waals surface area contributed by atoms with E-state index < -0.39 is 44.0 Å². The first kappa shape index (κ1) is 21.0. The number of hydrogen-bond acceptors (Lipinski definition) is 5. The molecule has 0 fully saturated rings. The molecule has 3 aromatic rings. The van der Waals surface area contributed by atoms with E-state index in [1.807, 2.05) is 0 Å². The van der Waals surface area contributed by atoms with Crippen LogP contribution in [0.25, 0.3) is 11.3 Å². The van der Waals surface area contributed by atoms with E-state index in [-0.39, 0.29) is 24.4 Å². The largest absolute Gasteiger partial charge is 0.274 e. The van der Waals surface area contributed by atoms with Crippen molar-refractivity contribution in [2.75, 3.05) is 11.2 Å². The van der Waals surface area contributed by atoms with Gasteiger partial charge in [-0.15, -0.1) is 0 Å². The number of halogens is 3. The minimum absolute atomic E-state index is 0.102. The van der Waals surface area contributed by atoms with Gasteiger partial charge in [0.25, 0.3) is 0 Å². The monoisotopic (exact) mass is 447 g/mol. The second-order valence-corrected chi connectivity index (χ2v) is 9.10. The lowest BCUT2D eigenvalue weighted by Gasteiger charge is -2.30. The fourth-order valence-electron chi connectivity index (χ4n) is 3.54. The normalized spacial score (nSPS) is 14.0. The molecule has 0 aliphatic carbocycles. The van der Waals surface area contributed by atoms with Gasteiger partial charge in [-0.25, -0.2) is 26.6 Å². The zero-order valence-corrected chi connectivity index (χ0v) is 17.3. The fraction of sp³-hybridized carbons (Fsp3) is 0.190. The van der Waals surface area contributed by atoms with Crippen molar-refractivity contribution < 1.29 is 26.4 Å². The molecule has 2 heterocycles. The number of aromatic nitrogens is 2. The van der Waals surface area contributed by atoms with Crippen molar-refractivity contribution in [3.63, 3.8) is 0 Å². The second kappa shape index (κ2) is 7.45. The Bertz CT molecular complexity index is 1320. The standard InChI is InChI=1S/C21H16F3N3O3S/c1-11-10-12(22)6-7-13(11)18-14-8-9-17(28)27(19-15(23)4-3-5-16(19)24)20(14)26-21(25-18)31(2,29)30/h3-7,10H,8-9H2,1-2H3. The zero-order valence-electron chi connectivity index (χ0n) is 16.5. The molecule has 160 valence electrons. The minimum atomic E-state index is -3.95. The third-order valence-corrected chi connectivity index (χ3v) is 5.80. The number of nitrogens with zero attached hydrogens (tertiary/aromatic N) is 3. The highest BCUT2D eigenvalue weighted by Crippen LogP contribution is 2.40. The first-order valence-electron chi connectivity index (χ1n) is 9.22. The minimum Gasteiger partial charge on any atom is -0.274 e. The Kier molecular flexibility index (Phi) is 5.04. The van der Waals surface area contributed by atoms with Crippen molar-refractivity contribution in [1.29, 1.82) is 0 Å². The number of para-hydroxylation sites is 1. The van der Waals surface area contributed by atoms with E-state index in [2.05, 4.69) is 9.97 Å². The molecule has 0 spiro atoms. The Balaban J connectivity index is 2.08. The number of amides is 1. The van der Waals surface area contributed by atoms with Gasteiger partial charge < -0.3 is 0 Å². The van der Waals surface area contributed by atoms with Gasteiger partial charge in [0.2, 0.25) is 20.9 Å². The molecule has 0 radical (unpaired) electrons. The van der Waals surface area contributed by atoms with E-state index in [9.17, 15) is 26.4 Å². The van der Waals surface area contributed by atoms with E-state index in [0.717, 1.165) is 29.4 Å².